The number of ether oxygens (including phenoxy) is 2. The monoisotopic (exact) mass is 502 g/mol. The van der Waals surface area contributed by atoms with E-state index in [2.05, 4.69) is 28.3 Å². The maximum absolute atomic E-state index is 11.8. The van der Waals surface area contributed by atoms with Gasteiger partial charge >= 0.3 is 0 Å². The summed E-state index contributed by atoms with van der Waals surface area (Å²) in [6.45, 7) is 6.43. The van der Waals surface area contributed by atoms with Crippen LogP contribution < -0.4 is 14.8 Å². The summed E-state index contributed by atoms with van der Waals surface area (Å²) < 4.78 is 14.0. The van der Waals surface area contributed by atoms with E-state index >= 15 is 0 Å². The van der Waals surface area contributed by atoms with Gasteiger partial charge < -0.3 is 14.0 Å². The van der Waals surface area contributed by atoms with Crippen LogP contribution in [0, 0.1) is 20.8 Å². The summed E-state index contributed by atoms with van der Waals surface area (Å²) in [5.74, 6) is 2.50. The minimum Gasteiger partial charge on any atom is -0.486 e. The van der Waals surface area contributed by atoms with Crippen LogP contribution in [0.5, 0.6) is 17.4 Å². The van der Waals surface area contributed by atoms with Gasteiger partial charge in [-0.15, -0.1) is 0 Å². The highest BCUT2D eigenvalue weighted by Crippen LogP contribution is 2.29. The largest absolute Gasteiger partial charge is 0.486 e. The number of nitrogens with zero attached hydrogens (tertiary/aromatic N) is 3. The summed E-state index contributed by atoms with van der Waals surface area (Å²) in [5, 5.41) is 1.64. The number of carbonyl (C=O) groups is 2. The highest BCUT2D eigenvalue weighted by atomic mass is 32.2. The second-order valence-corrected chi connectivity index (χ2v) is 10.1. The zero-order valence-electron chi connectivity index (χ0n) is 20.5. The highest BCUT2D eigenvalue weighted by molar-refractivity contribution is 8.15. The average Bonchev–Trinajstić information content (AvgIpc) is 3.33. The normalized spacial score (nSPS) is 15.4. The second-order valence-electron chi connectivity index (χ2n) is 8.91. The number of rotatable bonds is 7. The Morgan fingerprint density at radius 1 is 1.03 bits per heavy atom. The van der Waals surface area contributed by atoms with E-state index in [0.29, 0.717) is 23.7 Å². The Morgan fingerprint density at radius 3 is 2.53 bits per heavy atom. The molecule has 0 saturated carbocycles. The van der Waals surface area contributed by atoms with E-state index in [9.17, 15) is 9.59 Å². The predicted octanol–water partition coefficient (Wildman–Crippen LogP) is 5.16. The van der Waals surface area contributed by atoms with Gasteiger partial charge in [-0.25, -0.2) is 4.98 Å². The lowest BCUT2D eigenvalue weighted by Gasteiger charge is -2.11. The van der Waals surface area contributed by atoms with Crippen LogP contribution in [0.4, 0.5) is 4.79 Å². The molecule has 184 valence electrons. The van der Waals surface area contributed by atoms with Gasteiger partial charge in [0.1, 0.15) is 29.4 Å². The van der Waals surface area contributed by atoms with Crippen molar-refractivity contribution >= 4 is 34.1 Å². The van der Waals surface area contributed by atoms with Crippen LogP contribution in [0.15, 0.2) is 48.5 Å². The Morgan fingerprint density at radius 2 is 1.81 bits per heavy atom. The standard InChI is InChI=1S/C27H26N4O4S/c1-15-11-16(2)17(3)21(12-15)35-24-10-9-20-25(29-24)31(4)23(28-20)14-34-19-7-5-18(6-8-19)13-22-26(32)30-27(33)36-22/h5-12,22H,13-14H2,1-4H3,(H,30,32,33). The molecule has 1 fully saturated rings. The second kappa shape index (κ2) is 9.66. The lowest BCUT2D eigenvalue weighted by molar-refractivity contribution is -0.118. The number of amides is 2. The number of benzene rings is 2. The van der Waals surface area contributed by atoms with Gasteiger partial charge in [0, 0.05) is 13.1 Å². The molecule has 3 heterocycles. The SMILES string of the molecule is Cc1cc(C)c(C)c(Oc2ccc3nc(COc4ccc(CC5SC(=O)NC5=O)cc4)n(C)c3n2)c1. The maximum Gasteiger partial charge on any atom is 0.286 e. The van der Waals surface area contributed by atoms with Crippen molar-refractivity contribution in [3.63, 3.8) is 0 Å². The molecule has 2 aromatic carbocycles. The lowest BCUT2D eigenvalue weighted by Crippen LogP contribution is -2.25. The van der Waals surface area contributed by atoms with Crippen molar-refractivity contribution in [2.45, 2.75) is 39.0 Å². The third-order valence-electron chi connectivity index (χ3n) is 6.24. The van der Waals surface area contributed by atoms with Gasteiger partial charge in [-0.2, -0.15) is 4.98 Å². The van der Waals surface area contributed by atoms with Crippen molar-refractivity contribution < 1.29 is 19.1 Å². The quantitative estimate of drug-likeness (QED) is 0.373. The number of imide groups is 1. The number of hydrogen-bond donors (Lipinski definition) is 1. The first-order valence-electron chi connectivity index (χ1n) is 11.6. The van der Waals surface area contributed by atoms with Crippen molar-refractivity contribution in [1.82, 2.24) is 19.9 Å². The van der Waals surface area contributed by atoms with Crippen LogP contribution in [0.3, 0.4) is 0 Å². The van der Waals surface area contributed by atoms with Crippen LogP contribution in [-0.2, 0) is 24.9 Å². The Balaban J connectivity index is 1.26. The number of carbonyl (C=O) groups excluding carboxylic acids is 2. The molecular formula is C27H26N4O4S. The Kier molecular flexibility index (Phi) is 6.40. The first-order valence-corrected chi connectivity index (χ1v) is 12.5. The third kappa shape index (κ3) is 4.92. The van der Waals surface area contributed by atoms with E-state index < -0.39 is 0 Å². The summed E-state index contributed by atoms with van der Waals surface area (Å²) in [5.41, 5.74) is 5.84. The number of nitrogens with one attached hydrogen (secondary N) is 1. The van der Waals surface area contributed by atoms with Crippen LogP contribution >= 0.6 is 11.8 Å². The highest BCUT2D eigenvalue weighted by Gasteiger charge is 2.31. The number of hydrogen-bond acceptors (Lipinski definition) is 7. The molecular weight excluding hydrogens is 476 g/mol. The van der Waals surface area contributed by atoms with Crippen molar-refractivity contribution in [1.29, 1.82) is 0 Å². The molecule has 1 saturated heterocycles. The molecule has 0 bridgehead atoms. The first-order chi connectivity index (χ1) is 17.3. The third-order valence-corrected chi connectivity index (χ3v) is 7.22. The summed E-state index contributed by atoms with van der Waals surface area (Å²) in [6, 6.07) is 15.4. The summed E-state index contributed by atoms with van der Waals surface area (Å²) >= 11 is 1.03. The van der Waals surface area contributed by atoms with Gasteiger partial charge in [-0.3, -0.25) is 14.9 Å². The predicted molar refractivity (Wildman–Crippen MR) is 139 cm³/mol. The fourth-order valence-electron chi connectivity index (χ4n) is 4.11. The molecule has 1 aliphatic heterocycles. The van der Waals surface area contributed by atoms with Crippen molar-refractivity contribution in [3.8, 4) is 17.4 Å². The Labute approximate surface area is 213 Å². The molecule has 0 aliphatic carbocycles. The molecule has 8 nitrogen and oxygen atoms in total. The summed E-state index contributed by atoms with van der Waals surface area (Å²) in [4.78, 5) is 32.5. The summed E-state index contributed by atoms with van der Waals surface area (Å²) in [7, 11) is 1.90. The van der Waals surface area contributed by atoms with Crippen LogP contribution in [0.25, 0.3) is 11.2 Å². The van der Waals surface area contributed by atoms with Crippen LogP contribution in [0.2, 0.25) is 0 Å². The fraction of sp³-hybridized carbons (Fsp3) is 0.259. The number of aromatic nitrogens is 3. The van der Waals surface area contributed by atoms with Crippen LogP contribution in [-0.4, -0.2) is 30.9 Å². The molecule has 0 radical (unpaired) electrons. The Bertz CT molecular complexity index is 1480. The van der Waals surface area contributed by atoms with Gasteiger partial charge in [0.15, 0.2) is 5.65 Å². The lowest BCUT2D eigenvalue weighted by atomic mass is 10.1. The van der Waals surface area contributed by atoms with Crippen molar-refractivity contribution in [2.75, 3.05) is 0 Å². The molecule has 2 aromatic heterocycles. The van der Waals surface area contributed by atoms with Crippen molar-refractivity contribution in [2.24, 2.45) is 7.05 Å². The molecule has 0 spiro atoms. The van der Waals surface area contributed by atoms with Gasteiger partial charge in [-0.05, 0) is 73.7 Å². The summed E-state index contributed by atoms with van der Waals surface area (Å²) in [6.07, 6.45) is 0.491. The molecule has 9 heteroatoms. The maximum atomic E-state index is 11.8. The number of fused-ring (bicyclic) bond motifs is 1. The first kappa shape index (κ1) is 23.9. The molecule has 2 amide bonds. The number of aryl methyl sites for hydroxylation is 3. The van der Waals surface area contributed by atoms with E-state index in [0.717, 1.165) is 45.5 Å². The zero-order valence-corrected chi connectivity index (χ0v) is 21.3. The molecule has 5 rings (SSSR count). The molecule has 1 aliphatic rings. The van der Waals surface area contributed by atoms with E-state index in [1.165, 1.54) is 5.56 Å². The number of imidazole rings is 1. The van der Waals surface area contributed by atoms with E-state index in [4.69, 9.17) is 9.47 Å². The van der Waals surface area contributed by atoms with E-state index in [1.54, 1.807) is 0 Å². The minimum atomic E-state index is -0.385. The molecule has 1 N–H and O–H groups in total. The van der Waals surface area contributed by atoms with Crippen molar-refractivity contribution in [3.05, 3.63) is 76.6 Å². The van der Waals surface area contributed by atoms with Gasteiger partial charge in [0.25, 0.3) is 5.24 Å². The Hall–Kier alpha value is -3.85. The fourth-order valence-corrected chi connectivity index (χ4v) is 4.97. The average molecular weight is 503 g/mol. The molecule has 1 atom stereocenters. The van der Waals surface area contributed by atoms with Gasteiger partial charge in [0.2, 0.25) is 11.8 Å². The zero-order chi connectivity index (χ0) is 25.4. The van der Waals surface area contributed by atoms with E-state index in [-0.39, 0.29) is 23.0 Å². The molecule has 36 heavy (non-hydrogen) atoms. The van der Waals surface area contributed by atoms with Gasteiger partial charge in [0.05, 0.1) is 5.25 Å². The number of pyridine rings is 1. The van der Waals surface area contributed by atoms with Crippen LogP contribution in [0.1, 0.15) is 28.1 Å². The molecule has 4 aromatic rings. The molecule has 1 unspecified atom stereocenters. The van der Waals surface area contributed by atoms with E-state index in [1.807, 2.05) is 67.9 Å². The van der Waals surface area contributed by atoms with Gasteiger partial charge in [-0.1, -0.05) is 30.0 Å². The number of thioether (sulfide) groups is 1. The topological polar surface area (TPSA) is 95.3 Å². The smallest absolute Gasteiger partial charge is 0.286 e. The minimum absolute atomic E-state index is 0.238.